The highest BCUT2D eigenvalue weighted by molar-refractivity contribution is 7.99. The summed E-state index contributed by atoms with van der Waals surface area (Å²) in [7, 11) is 0. The van der Waals surface area contributed by atoms with Crippen LogP contribution in [0.4, 0.5) is 4.39 Å². The van der Waals surface area contributed by atoms with Gasteiger partial charge in [-0.1, -0.05) is 47.4 Å². The molecule has 1 saturated heterocycles. The first-order valence-electron chi connectivity index (χ1n) is 10.0. The topological polar surface area (TPSA) is 72.1 Å². The van der Waals surface area contributed by atoms with Crippen molar-refractivity contribution in [2.75, 3.05) is 18.8 Å². The number of benzene rings is 2. The van der Waals surface area contributed by atoms with Crippen molar-refractivity contribution in [3.63, 3.8) is 0 Å². The number of thioether (sulfide) groups is 1. The summed E-state index contributed by atoms with van der Waals surface area (Å²) in [6.45, 7) is 1.32. The number of para-hydroxylation sites is 2. The quantitative estimate of drug-likeness (QED) is 0.396. The molecule has 5 rings (SSSR count). The Labute approximate surface area is 186 Å². The number of piperidine rings is 1. The number of carbonyl (C=O) groups is 1. The number of amides is 1. The maximum Gasteiger partial charge on any atom is 0.257 e. The zero-order valence-electron chi connectivity index (χ0n) is 16.5. The van der Waals surface area contributed by atoms with Crippen LogP contribution < -0.4 is 0 Å². The van der Waals surface area contributed by atoms with Crippen LogP contribution in [-0.4, -0.2) is 44.8 Å². The van der Waals surface area contributed by atoms with E-state index in [2.05, 4.69) is 15.2 Å². The lowest BCUT2D eigenvalue weighted by Gasteiger charge is -2.31. The molecule has 2 aromatic heterocycles. The number of carbonyl (C=O) groups excluding carboxylic acids is 1. The number of likely N-dealkylation sites (tertiary alicyclic amines) is 1. The van der Waals surface area contributed by atoms with Gasteiger partial charge in [0.1, 0.15) is 16.3 Å². The molecule has 1 fully saturated rings. The van der Waals surface area contributed by atoms with Gasteiger partial charge in [0.05, 0.1) is 5.75 Å². The lowest BCUT2D eigenvalue weighted by atomic mass is 9.99. The van der Waals surface area contributed by atoms with Gasteiger partial charge in [0.2, 0.25) is 5.91 Å². The summed E-state index contributed by atoms with van der Waals surface area (Å²) in [6.07, 6.45) is 1.84. The lowest BCUT2D eigenvalue weighted by Crippen LogP contribution is -2.40. The van der Waals surface area contributed by atoms with Gasteiger partial charge in [-0.2, -0.15) is 0 Å². The van der Waals surface area contributed by atoms with Crippen LogP contribution in [0.1, 0.15) is 23.8 Å². The number of nitrogens with zero attached hydrogens (tertiary/aromatic N) is 4. The second-order valence-electron chi connectivity index (χ2n) is 7.34. The largest absolute Gasteiger partial charge is 0.431 e. The summed E-state index contributed by atoms with van der Waals surface area (Å²) in [5.41, 5.74) is 1.97. The lowest BCUT2D eigenvalue weighted by molar-refractivity contribution is -0.129. The van der Waals surface area contributed by atoms with Gasteiger partial charge in [0.15, 0.2) is 10.6 Å². The van der Waals surface area contributed by atoms with Gasteiger partial charge in [-0.25, -0.2) is 9.37 Å². The molecule has 0 saturated carbocycles. The van der Waals surface area contributed by atoms with E-state index in [4.69, 9.17) is 4.42 Å². The molecule has 9 heteroatoms. The van der Waals surface area contributed by atoms with Crippen LogP contribution in [0.25, 0.3) is 21.7 Å². The number of rotatable bonds is 5. The van der Waals surface area contributed by atoms with Crippen LogP contribution in [0.3, 0.4) is 0 Å². The van der Waals surface area contributed by atoms with Crippen molar-refractivity contribution in [1.82, 2.24) is 20.1 Å². The molecule has 0 spiro atoms. The zero-order valence-corrected chi connectivity index (χ0v) is 18.2. The summed E-state index contributed by atoms with van der Waals surface area (Å²) in [5, 5.41) is 10.4. The van der Waals surface area contributed by atoms with E-state index >= 15 is 0 Å². The molecule has 2 aromatic carbocycles. The number of fused-ring (bicyclic) bond motifs is 1. The van der Waals surface area contributed by atoms with E-state index in [1.54, 1.807) is 18.2 Å². The number of oxazole rings is 1. The normalized spacial score (nSPS) is 16.7. The molecule has 1 aliphatic rings. The van der Waals surface area contributed by atoms with Gasteiger partial charge >= 0.3 is 0 Å². The molecule has 158 valence electrons. The molecule has 0 bridgehead atoms. The van der Waals surface area contributed by atoms with Crippen molar-refractivity contribution >= 4 is 40.1 Å². The Bertz CT molecular complexity index is 1190. The molecule has 1 atom stereocenters. The first-order chi connectivity index (χ1) is 15.2. The van der Waals surface area contributed by atoms with Crippen LogP contribution in [0.5, 0.6) is 0 Å². The van der Waals surface area contributed by atoms with Crippen LogP contribution in [0, 0.1) is 5.82 Å². The zero-order chi connectivity index (χ0) is 21.2. The van der Waals surface area contributed by atoms with Crippen molar-refractivity contribution < 1.29 is 13.6 Å². The van der Waals surface area contributed by atoms with Crippen LogP contribution in [0.15, 0.2) is 58.2 Å². The maximum absolute atomic E-state index is 14.1. The van der Waals surface area contributed by atoms with Crippen molar-refractivity contribution in [3.05, 3.63) is 59.4 Å². The van der Waals surface area contributed by atoms with E-state index in [0.29, 0.717) is 22.3 Å². The molecule has 31 heavy (non-hydrogen) atoms. The fourth-order valence-electron chi connectivity index (χ4n) is 3.68. The van der Waals surface area contributed by atoms with Crippen molar-refractivity contribution in [2.45, 2.75) is 24.0 Å². The third kappa shape index (κ3) is 4.33. The minimum absolute atomic E-state index is 0.0517. The predicted octanol–water partition coefficient (Wildman–Crippen LogP) is 4.98. The van der Waals surface area contributed by atoms with E-state index in [0.717, 1.165) is 35.5 Å². The van der Waals surface area contributed by atoms with Crippen LogP contribution in [0.2, 0.25) is 0 Å². The molecular formula is C22H19FN4O2S2. The van der Waals surface area contributed by atoms with E-state index in [1.807, 2.05) is 29.2 Å². The summed E-state index contributed by atoms with van der Waals surface area (Å²) in [5.74, 6) is 0.138. The van der Waals surface area contributed by atoms with E-state index < -0.39 is 0 Å². The molecule has 3 heterocycles. The molecule has 1 aliphatic heterocycles. The average molecular weight is 455 g/mol. The van der Waals surface area contributed by atoms with Crippen LogP contribution >= 0.6 is 23.1 Å². The Balaban J connectivity index is 1.23. The average Bonchev–Trinajstić information content (AvgIpc) is 3.45. The molecule has 0 aliphatic carbocycles. The fraction of sp³-hybridized carbons (Fsp3) is 0.273. The summed E-state index contributed by atoms with van der Waals surface area (Å²) in [4.78, 5) is 19.1. The van der Waals surface area contributed by atoms with Gasteiger partial charge in [-0.3, -0.25) is 4.79 Å². The Morgan fingerprint density at radius 3 is 2.90 bits per heavy atom. The number of halogens is 1. The summed E-state index contributed by atoms with van der Waals surface area (Å²) >= 11 is 2.71. The summed E-state index contributed by atoms with van der Waals surface area (Å²) in [6, 6.07) is 14.1. The minimum Gasteiger partial charge on any atom is -0.431 e. The fourth-order valence-corrected chi connectivity index (χ4v) is 5.41. The molecule has 1 amide bonds. The van der Waals surface area contributed by atoms with Gasteiger partial charge in [-0.05, 0) is 37.1 Å². The molecule has 0 radical (unpaired) electrons. The van der Waals surface area contributed by atoms with E-state index in [-0.39, 0.29) is 23.4 Å². The highest BCUT2D eigenvalue weighted by Crippen LogP contribution is 2.34. The highest BCUT2D eigenvalue weighted by Gasteiger charge is 2.28. The third-order valence-electron chi connectivity index (χ3n) is 5.26. The molecule has 1 unspecified atom stereocenters. The van der Waals surface area contributed by atoms with Gasteiger partial charge < -0.3 is 9.32 Å². The third-order valence-corrected chi connectivity index (χ3v) is 7.19. The Hall–Kier alpha value is -2.78. The van der Waals surface area contributed by atoms with E-state index in [9.17, 15) is 9.18 Å². The number of aromatic nitrogens is 3. The van der Waals surface area contributed by atoms with Crippen molar-refractivity contribution in [3.8, 4) is 10.6 Å². The Morgan fingerprint density at radius 2 is 2.03 bits per heavy atom. The smallest absolute Gasteiger partial charge is 0.257 e. The minimum atomic E-state index is -0.304. The second kappa shape index (κ2) is 8.76. The number of hydrogen-bond donors (Lipinski definition) is 0. The molecule has 0 N–H and O–H groups in total. The van der Waals surface area contributed by atoms with Crippen molar-refractivity contribution in [2.24, 2.45) is 0 Å². The Morgan fingerprint density at radius 1 is 1.19 bits per heavy atom. The highest BCUT2D eigenvalue weighted by atomic mass is 32.2. The van der Waals surface area contributed by atoms with Gasteiger partial charge in [0, 0.05) is 24.6 Å². The second-order valence-corrected chi connectivity index (χ2v) is 9.28. The monoisotopic (exact) mass is 454 g/mol. The summed E-state index contributed by atoms with van der Waals surface area (Å²) < 4.78 is 19.7. The first-order valence-corrected chi connectivity index (χ1v) is 11.8. The van der Waals surface area contributed by atoms with Crippen LogP contribution in [-0.2, 0) is 4.79 Å². The van der Waals surface area contributed by atoms with Gasteiger partial charge in [0.25, 0.3) is 5.22 Å². The molecular weight excluding hydrogens is 435 g/mol. The molecule has 4 aromatic rings. The predicted molar refractivity (Wildman–Crippen MR) is 119 cm³/mol. The standard InChI is InChI=1S/C22H19FN4O2S2/c23-16-8-2-1-7-15(16)21-26-25-20(31-21)14-6-5-11-27(12-14)19(28)13-30-22-24-17-9-3-4-10-18(17)29-22/h1-4,7-10,14H,5-6,11-13H2. The number of hydrogen-bond acceptors (Lipinski definition) is 7. The van der Waals surface area contributed by atoms with Gasteiger partial charge in [-0.15, -0.1) is 10.2 Å². The Kier molecular flexibility index (Phi) is 5.69. The SMILES string of the molecule is O=C(CSc1nc2ccccc2o1)N1CCCC(c2nnc(-c3ccccc3F)s2)C1. The maximum atomic E-state index is 14.1. The first kappa shape index (κ1) is 20.1. The molecule has 6 nitrogen and oxygen atoms in total. The van der Waals surface area contributed by atoms with E-state index in [1.165, 1.54) is 29.2 Å². The van der Waals surface area contributed by atoms with Crippen molar-refractivity contribution in [1.29, 1.82) is 0 Å².